The summed E-state index contributed by atoms with van der Waals surface area (Å²) in [5.41, 5.74) is 17.5. The number of H-pyrrole nitrogens is 1. The molecule has 0 bridgehead atoms. The van der Waals surface area contributed by atoms with Crippen molar-refractivity contribution in [2.24, 2.45) is 0 Å². The van der Waals surface area contributed by atoms with Crippen molar-refractivity contribution >= 4 is 33.2 Å². The van der Waals surface area contributed by atoms with Crippen LogP contribution in [0.15, 0.2) is 97.1 Å². The topological polar surface area (TPSA) is 67.8 Å². The molecule has 0 atom stereocenters. The summed E-state index contributed by atoms with van der Waals surface area (Å²) in [6, 6.07) is 32.3. The van der Waals surface area contributed by atoms with Crippen molar-refractivity contribution in [3.05, 3.63) is 97.1 Å². The smallest absolute Gasteiger partial charge is 0.0464 e. The third kappa shape index (κ3) is 3.62. The molecule has 0 spiro atoms. The minimum absolute atomic E-state index is 0.782. The lowest BCUT2D eigenvalue weighted by atomic mass is 10.1. The molecule has 0 saturated carbocycles. The number of aromatic amines is 1. The number of aromatic nitrogens is 1. The third-order valence-electron chi connectivity index (χ3n) is 4.57. The van der Waals surface area contributed by atoms with E-state index in [1.165, 1.54) is 21.8 Å². The van der Waals surface area contributed by atoms with Crippen molar-refractivity contribution in [1.29, 1.82) is 0 Å². The molecular weight excluding hydrogens is 330 g/mol. The number of nitrogens with one attached hydrogen (secondary N) is 1. The SMILES string of the molecule is Nc1ccc(-c2ccc(N)cc2)cc1.c1ccc2c(c1)[nH]c1ccccc12. The van der Waals surface area contributed by atoms with Crippen LogP contribution in [-0.2, 0) is 0 Å². The predicted octanol–water partition coefficient (Wildman–Crippen LogP) is 5.84. The Hall–Kier alpha value is -3.72. The zero-order valence-electron chi connectivity index (χ0n) is 14.9. The number of hydrogen-bond acceptors (Lipinski definition) is 2. The van der Waals surface area contributed by atoms with Crippen LogP contribution in [0.4, 0.5) is 11.4 Å². The number of hydrogen-bond donors (Lipinski definition) is 3. The van der Waals surface area contributed by atoms with Gasteiger partial charge in [-0.15, -0.1) is 0 Å². The van der Waals surface area contributed by atoms with Gasteiger partial charge in [0.05, 0.1) is 0 Å². The van der Waals surface area contributed by atoms with E-state index in [1.807, 2.05) is 48.5 Å². The fourth-order valence-electron chi connectivity index (χ4n) is 3.15. The summed E-state index contributed by atoms with van der Waals surface area (Å²) in [5, 5.41) is 2.61. The molecule has 5 rings (SSSR count). The molecule has 0 saturated heterocycles. The van der Waals surface area contributed by atoms with E-state index in [4.69, 9.17) is 11.5 Å². The fraction of sp³-hybridized carbons (Fsp3) is 0. The number of nitrogens with two attached hydrogens (primary N) is 2. The highest BCUT2D eigenvalue weighted by molar-refractivity contribution is 6.06. The van der Waals surface area contributed by atoms with E-state index >= 15 is 0 Å². The average molecular weight is 351 g/mol. The fourth-order valence-corrected chi connectivity index (χ4v) is 3.15. The second kappa shape index (κ2) is 7.26. The molecule has 5 aromatic rings. The Kier molecular flexibility index (Phi) is 4.50. The van der Waals surface area contributed by atoms with E-state index in [0.717, 1.165) is 22.5 Å². The van der Waals surface area contributed by atoms with Crippen LogP contribution >= 0.6 is 0 Å². The van der Waals surface area contributed by atoms with Crippen molar-refractivity contribution in [3.8, 4) is 11.1 Å². The van der Waals surface area contributed by atoms with E-state index < -0.39 is 0 Å². The second-order valence-corrected chi connectivity index (χ2v) is 6.46. The molecule has 4 aromatic carbocycles. The number of nitrogen functional groups attached to an aromatic ring is 2. The molecule has 1 aromatic heterocycles. The zero-order valence-corrected chi connectivity index (χ0v) is 14.9. The van der Waals surface area contributed by atoms with Gasteiger partial charge in [0.2, 0.25) is 0 Å². The van der Waals surface area contributed by atoms with Gasteiger partial charge in [0, 0.05) is 33.2 Å². The maximum atomic E-state index is 5.61. The van der Waals surface area contributed by atoms with Crippen LogP contribution in [0, 0.1) is 0 Å². The van der Waals surface area contributed by atoms with Gasteiger partial charge >= 0.3 is 0 Å². The average Bonchev–Trinajstić information content (AvgIpc) is 3.09. The zero-order chi connectivity index (χ0) is 18.6. The van der Waals surface area contributed by atoms with Crippen LogP contribution in [0.2, 0.25) is 0 Å². The first kappa shape index (κ1) is 16.7. The number of anilines is 2. The summed E-state index contributed by atoms with van der Waals surface area (Å²) in [6.07, 6.45) is 0. The Morgan fingerprint density at radius 2 is 0.815 bits per heavy atom. The Bertz CT molecular complexity index is 1080. The van der Waals surface area contributed by atoms with Gasteiger partial charge in [-0.2, -0.15) is 0 Å². The van der Waals surface area contributed by atoms with Crippen molar-refractivity contribution in [1.82, 2.24) is 4.98 Å². The first-order valence-corrected chi connectivity index (χ1v) is 8.87. The summed E-state index contributed by atoms with van der Waals surface area (Å²) >= 11 is 0. The van der Waals surface area contributed by atoms with Gasteiger partial charge in [0.15, 0.2) is 0 Å². The van der Waals surface area contributed by atoms with Crippen molar-refractivity contribution < 1.29 is 0 Å². The van der Waals surface area contributed by atoms with Gasteiger partial charge in [0.1, 0.15) is 0 Å². The Morgan fingerprint density at radius 3 is 1.22 bits per heavy atom. The minimum atomic E-state index is 0.782. The number of para-hydroxylation sites is 2. The molecule has 132 valence electrons. The van der Waals surface area contributed by atoms with E-state index in [0.29, 0.717) is 0 Å². The monoisotopic (exact) mass is 351 g/mol. The number of benzene rings is 4. The number of fused-ring (bicyclic) bond motifs is 3. The van der Waals surface area contributed by atoms with Gasteiger partial charge < -0.3 is 16.5 Å². The molecule has 27 heavy (non-hydrogen) atoms. The highest BCUT2D eigenvalue weighted by atomic mass is 14.7. The molecule has 5 N–H and O–H groups in total. The summed E-state index contributed by atoms with van der Waals surface area (Å²) < 4.78 is 0. The maximum Gasteiger partial charge on any atom is 0.0464 e. The van der Waals surface area contributed by atoms with Crippen molar-refractivity contribution in [2.45, 2.75) is 0 Å². The standard InChI is InChI=1S/C12H12N2.C12H9N/c13-11-5-1-9(2-6-11)10-3-7-12(14)8-4-10;1-3-7-11-9(5-1)10-6-2-4-8-12(10)13-11/h1-8H,13-14H2;1-8,13H. The molecule has 1 heterocycles. The van der Waals surface area contributed by atoms with Gasteiger partial charge in [-0.1, -0.05) is 60.7 Å². The van der Waals surface area contributed by atoms with E-state index in [1.54, 1.807) is 0 Å². The van der Waals surface area contributed by atoms with Gasteiger partial charge in [-0.25, -0.2) is 0 Å². The summed E-state index contributed by atoms with van der Waals surface area (Å²) in [4.78, 5) is 3.38. The van der Waals surface area contributed by atoms with Crippen molar-refractivity contribution in [2.75, 3.05) is 11.5 Å². The molecule has 0 aliphatic heterocycles. The first-order valence-electron chi connectivity index (χ1n) is 8.87. The number of rotatable bonds is 1. The first-order chi connectivity index (χ1) is 13.2. The van der Waals surface area contributed by atoms with Crippen LogP contribution < -0.4 is 11.5 Å². The Balaban J connectivity index is 0.000000134. The molecule has 0 amide bonds. The van der Waals surface area contributed by atoms with Crippen LogP contribution in [0.25, 0.3) is 32.9 Å². The van der Waals surface area contributed by atoms with Gasteiger partial charge in [0.25, 0.3) is 0 Å². The molecule has 0 fully saturated rings. The van der Waals surface area contributed by atoms with Crippen LogP contribution in [-0.4, -0.2) is 4.98 Å². The molecule has 0 radical (unpaired) electrons. The molecule has 0 aliphatic carbocycles. The lowest BCUT2D eigenvalue weighted by Crippen LogP contribution is -1.85. The quantitative estimate of drug-likeness (QED) is 0.332. The third-order valence-corrected chi connectivity index (χ3v) is 4.57. The highest BCUT2D eigenvalue weighted by Crippen LogP contribution is 2.24. The Morgan fingerprint density at radius 1 is 0.444 bits per heavy atom. The maximum absolute atomic E-state index is 5.61. The lowest BCUT2D eigenvalue weighted by molar-refractivity contribution is 1.55. The molecule has 0 unspecified atom stereocenters. The van der Waals surface area contributed by atoms with Crippen LogP contribution in [0.1, 0.15) is 0 Å². The normalized spacial score (nSPS) is 10.5. The highest BCUT2D eigenvalue weighted by Gasteiger charge is 2.00. The van der Waals surface area contributed by atoms with Crippen molar-refractivity contribution in [3.63, 3.8) is 0 Å². The molecule has 0 aliphatic rings. The molecule has 3 heteroatoms. The van der Waals surface area contributed by atoms with Crippen LogP contribution in [0.3, 0.4) is 0 Å². The van der Waals surface area contributed by atoms with Gasteiger partial charge in [-0.05, 0) is 47.5 Å². The van der Waals surface area contributed by atoms with E-state index in [9.17, 15) is 0 Å². The lowest BCUT2D eigenvalue weighted by Gasteiger charge is -2.02. The predicted molar refractivity (Wildman–Crippen MR) is 117 cm³/mol. The largest absolute Gasteiger partial charge is 0.399 e. The summed E-state index contributed by atoms with van der Waals surface area (Å²) in [5.74, 6) is 0. The van der Waals surface area contributed by atoms with E-state index in [2.05, 4.69) is 53.5 Å². The van der Waals surface area contributed by atoms with E-state index in [-0.39, 0.29) is 0 Å². The molecule has 3 nitrogen and oxygen atoms in total. The summed E-state index contributed by atoms with van der Waals surface area (Å²) in [6.45, 7) is 0. The van der Waals surface area contributed by atoms with Crippen LogP contribution in [0.5, 0.6) is 0 Å². The second-order valence-electron chi connectivity index (χ2n) is 6.46. The van der Waals surface area contributed by atoms with Gasteiger partial charge in [-0.3, -0.25) is 0 Å². The molecular formula is C24H21N3. The Labute approximate surface area is 158 Å². The summed E-state index contributed by atoms with van der Waals surface area (Å²) in [7, 11) is 0. The minimum Gasteiger partial charge on any atom is -0.399 e.